The summed E-state index contributed by atoms with van der Waals surface area (Å²) in [5, 5.41) is 12.4. The second-order valence-corrected chi connectivity index (χ2v) is 5.20. The molecule has 0 radical (unpaired) electrons. The molecule has 1 rings (SSSR count). The van der Waals surface area contributed by atoms with Gasteiger partial charge in [0.25, 0.3) is 0 Å². The molecular weight excluding hydrogens is 236 g/mol. The molecule has 0 spiro atoms. The number of nitrogens with one attached hydrogen (secondary N) is 1. The molecule has 0 bridgehead atoms. The molecule has 1 aromatic rings. The van der Waals surface area contributed by atoms with Gasteiger partial charge in [0.1, 0.15) is 11.3 Å². The fraction of sp³-hybridized carbons (Fsp3) is 0.562. The average molecular weight is 260 g/mol. The first kappa shape index (κ1) is 15.5. The standard InChI is InChI=1S/C16H24N2O/c1-5-18-16(4,12-17)9-6-10-19-15-11-13(2)7-8-14(15)3/h7-8,11,18H,5-6,9-10H2,1-4H3. The molecule has 1 N–H and O–H groups in total. The summed E-state index contributed by atoms with van der Waals surface area (Å²) in [6.45, 7) is 9.52. The van der Waals surface area contributed by atoms with Crippen molar-refractivity contribution in [2.75, 3.05) is 13.2 Å². The van der Waals surface area contributed by atoms with Gasteiger partial charge in [-0.2, -0.15) is 5.26 Å². The van der Waals surface area contributed by atoms with Gasteiger partial charge in [-0.1, -0.05) is 19.1 Å². The van der Waals surface area contributed by atoms with Crippen LogP contribution in [-0.4, -0.2) is 18.7 Å². The van der Waals surface area contributed by atoms with Crippen LogP contribution in [0, 0.1) is 25.2 Å². The molecule has 0 saturated heterocycles. The van der Waals surface area contributed by atoms with Crippen LogP contribution in [0.5, 0.6) is 5.75 Å². The van der Waals surface area contributed by atoms with Crippen LogP contribution in [0.2, 0.25) is 0 Å². The van der Waals surface area contributed by atoms with Gasteiger partial charge in [-0.15, -0.1) is 0 Å². The minimum Gasteiger partial charge on any atom is -0.493 e. The second kappa shape index (κ2) is 7.16. The summed E-state index contributed by atoms with van der Waals surface area (Å²) < 4.78 is 5.80. The summed E-state index contributed by atoms with van der Waals surface area (Å²) in [6, 6.07) is 8.55. The number of hydrogen-bond acceptors (Lipinski definition) is 3. The zero-order valence-electron chi connectivity index (χ0n) is 12.4. The van der Waals surface area contributed by atoms with Crippen LogP contribution in [0.4, 0.5) is 0 Å². The SMILES string of the molecule is CCNC(C)(C#N)CCCOc1cc(C)ccc1C. The number of aryl methyl sites for hydroxylation is 2. The van der Waals surface area contributed by atoms with Crippen LogP contribution in [0.3, 0.4) is 0 Å². The Morgan fingerprint density at radius 1 is 1.37 bits per heavy atom. The Kier molecular flexibility index (Phi) is 5.85. The van der Waals surface area contributed by atoms with E-state index in [2.05, 4.69) is 36.5 Å². The molecule has 3 nitrogen and oxygen atoms in total. The predicted molar refractivity (Wildman–Crippen MR) is 78.3 cm³/mol. The minimum atomic E-state index is -0.445. The molecule has 0 aliphatic carbocycles. The van der Waals surface area contributed by atoms with E-state index in [1.807, 2.05) is 20.8 Å². The number of nitrogens with zero attached hydrogens (tertiary/aromatic N) is 1. The van der Waals surface area contributed by atoms with E-state index in [4.69, 9.17) is 10.00 Å². The van der Waals surface area contributed by atoms with Crippen LogP contribution >= 0.6 is 0 Å². The van der Waals surface area contributed by atoms with Crippen LogP contribution in [0.1, 0.15) is 37.8 Å². The molecule has 1 aromatic carbocycles. The van der Waals surface area contributed by atoms with Crippen molar-refractivity contribution in [1.82, 2.24) is 5.32 Å². The van der Waals surface area contributed by atoms with Crippen molar-refractivity contribution in [3.8, 4) is 11.8 Å². The van der Waals surface area contributed by atoms with Gasteiger partial charge in [0, 0.05) is 0 Å². The largest absolute Gasteiger partial charge is 0.493 e. The summed E-state index contributed by atoms with van der Waals surface area (Å²) in [7, 11) is 0. The van der Waals surface area contributed by atoms with Gasteiger partial charge in [-0.3, -0.25) is 5.32 Å². The Balaban J connectivity index is 2.43. The maximum Gasteiger partial charge on any atom is 0.122 e. The van der Waals surface area contributed by atoms with Crippen LogP contribution in [0.15, 0.2) is 18.2 Å². The highest BCUT2D eigenvalue weighted by atomic mass is 16.5. The number of nitriles is 1. The van der Waals surface area contributed by atoms with E-state index in [9.17, 15) is 0 Å². The van der Waals surface area contributed by atoms with Gasteiger partial charge in [0.05, 0.1) is 12.7 Å². The third-order valence-corrected chi connectivity index (χ3v) is 3.24. The highest BCUT2D eigenvalue weighted by Crippen LogP contribution is 2.20. The molecule has 0 heterocycles. The van der Waals surface area contributed by atoms with Crippen LogP contribution in [-0.2, 0) is 0 Å². The molecule has 0 aliphatic heterocycles. The van der Waals surface area contributed by atoms with E-state index in [1.165, 1.54) is 5.56 Å². The smallest absolute Gasteiger partial charge is 0.122 e. The van der Waals surface area contributed by atoms with E-state index >= 15 is 0 Å². The molecule has 0 saturated carbocycles. The van der Waals surface area contributed by atoms with E-state index in [1.54, 1.807) is 0 Å². The van der Waals surface area contributed by atoms with Crippen LogP contribution in [0.25, 0.3) is 0 Å². The van der Waals surface area contributed by atoms with Crippen molar-refractivity contribution in [2.45, 2.75) is 46.1 Å². The molecule has 104 valence electrons. The predicted octanol–water partition coefficient (Wildman–Crippen LogP) is 3.35. The minimum absolute atomic E-state index is 0.445. The normalized spacial score (nSPS) is 13.6. The number of rotatable bonds is 7. The molecule has 1 atom stereocenters. The fourth-order valence-corrected chi connectivity index (χ4v) is 2.04. The van der Waals surface area contributed by atoms with Crippen molar-refractivity contribution in [2.24, 2.45) is 0 Å². The highest BCUT2D eigenvalue weighted by molar-refractivity contribution is 5.35. The molecule has 0 aromatic heterocycles. The summed E-state index contributed by atoms with van der Waals surface area (Å²) >= 11 is 0. The van der Waals surface area contributed by atoms with E-state index in [-0.39, 0.29) is 0 Å². The van der Waals surface area contributed by atoms with Gasteiger partial charge < -0.3 is 4.74 Å². The first-order valence-corrected chi connectivity index (χ1v) is 6.87. The number of benzene rings is 1. The van der Waals surface area contributed by atoms with E-state index in [0.717, 1.165) is 30.7 Å². The fourth-order valence-electron chi connectivity index (χ4n) is 2.04. The third-order valence-electron chi connectivity index (χ3n) is 3.24. The third kappa shape index (κ3) is 4.92. The molecule has 3 heteroatoms. The zero-order valence-corrected chi connectivity index (χ0v) is 12.4. The monoisotopic (exact) mass is 260 g/mol. The van der Waals surface area contributed by atoms with Gasteiger partial charge in [0.15, 0.2) is 0 Å². The Bertz CT molecular complexity index is 451. The average Bonchev–Trinajstić information content (AvgIpc) is 2.39. The van der Waals surface area contributed by atoms with Crippen molar-refractivity contribution < 1.29 is 4.74 Å². The van der Waals surface area contributed by atoms with Crippen molar-refractivity contribution in [3.05, 3.63) is 29.3 Å². The number of hydrogen-bond donors (Lipinski definition) is 1. The first-order valence-electron chi connectivity index (χ1n) is 6.87. The summed E-state index contributed by atoms with van der Waals surface area (Å²) in [6.07, 6.45) is 1.66. The Morgan fingerprint density at radius 2 is 2.11 bits per heavy atom. The molecular formula is C16H24N2O. The quantitative estimate of drug-likeness (QED) is 0.765. The Morgan fingerprint density at radius 3 is 2.74 bits per heavy atom. The van der Waals surface area contributed by atoms with Crippen molar-refractivity contribution >= 4 is 0 Å². The topological polar surface area (TPSA) is 45.0 Å². The Hall–Kier alpha value is -1.53. The van der Waals surface area contributed by atoms with E-state index < -0.39 is 5.54 Å². The molecule has 19 heavy (non-hydrogen) atoms. The molecule has 0 amide bonds. The second-order valence-electron chi connectivity index (χ2n) is 5.20. The van der Waals surface area contributed by atoms with Crippen molar-refractivity contribution in [3.63, 3.8) is 0 Å². The maximum absolute atomic E-state index is 9.16. The zero-order chi connectivity index (χ0) is 14.3. The van der Waals surface area contributed by atoms with Gasteiger partial charge in [0.2, 0.25) is 0 Å². The van der Waals surface area contributed by atoms with Gasteiger partial charge in [-0.25, -0.2) is 0 Å². The van der Waals surface area contributed by atoms with Gasteiger partial charge in [-0.05, 0) is 57.4 Å². The molecule has 0 aliphatic rings. The van der Waals surface area contributed by atoms with Crippen LogP contribution < -0.4 is 10.1 Å². The maximum atomic E-state index is 9.16. The summed E-state index contributed by atoms with van der Waals surface area (Å²) in [5.41, 5.74) is 1.91. The molecule has 1 unspecified atom stereocenters. The van der Waals surface area contributed by atoms with E-state index in [0.29, 0.717) is 6.61 Å². The first-order chi connectivity index (χ1) is 9.00. The lowest BCUT2D eigenvalue weighted by Crippen LogP contribution is -2.40. The lowest BCUT2D eigenvalue weighted by molar-refractivity contribution is 0.284. The summed E-state index contributed by atoms with van der Waals surface area (Å²) in [5.74, 6) is 0.946. The number of ether oxygens (including phenoxy) is 1. The van der Waals surface area contributed by atoms with Crippen molar-refractivity contribution in [1.29, 1.82) is 5.26 Å². The highest BCUT2D eigenvalue weighted by Gasteiger charge is 2.21. The lowest BCUT2D eigenvalue weighted by atomic mass is 9.98. The molecule has 0 fully saturated rings. The Labute approximate surface area is 116 Å². The lowest BCUT2D eigenvalue weighted by Gasteiger charge is -2.22. The summed E-state index contributed by atoms with van der Waals surface area (Å²) in [4.78, 5) is 0. The van der Waals surface area contributed by atoms with Gasteiger partial charge >= 0.3 is 0 Å².